The van der Waals surface area contributed by atoms with Crippen LogP contribution >= 0.6 is 15.9 Å². The van der Waals surface area contributed by atoms with Crippen LogP contribution in [0.4, 0.5) is 0 Å². The molecule has 126 valence electrons. The van der Waals surface area contributed by atoms with Crippen molar-refractivity contribution in [2.24, 2.45) is 0 Å². The van der Waals surface area contributed by atoms with E-state index in [1.165, 1.54) is 0 Å². The van der Waals surface area contributed by atoms with Crippen LogP contribution in [0.1, 0.15) is 11.4 Å². The van der Waals surface area contributed by atoms with Gasteiger partial charge in [0.25, 0.3) is 0 Å². The minimum Gasteiger partial charge on any atom is -0.506 e. The Morgan fingerprint density at radius 2 is 1.96 bits per heavy atom. The number of fused-ring (bicyclic) bond motifs is 1. The number of hydrogen-bond donors (Lipinski definition) is 3. The number of likely N-dealkylation sites (N-methyl/N-ethyl adjacent to an activating group) is 1. The Balaban J connectivity index is 1.79. The third-order valence-corrected chi connectivity index (χ3v) is 4.44. The summed E-state index contributed by atoms with van der Waals surface area (Å²) < 4.78 is 1.04. The fourth-order valence-corrected chi connectivity index (χ4v) is 2.98. The van der Waals surface area contributed by atoms with Crippen LogP contribution in [0.5, 0.6) is 0 Å². The standard InChI is InChI=1S/C19H17BrN4O/c1-24(11-13-6-8-14(20)9-7-13)12-18(25)15(10-21)19-22-16-4-2-3-5-17(16)23-19/h2-9,25H,11-12H2,1H3,(H,22,23)/p+1/b18-15-. The number of hydrogen-bond acceptors (Lipinski definition) is 3. The van der Waals surface area contributed by atoms with Gasteiger partial charge < -0.3 is 15.0 Å². The zero-order valence-corrected chi connectivity index (χ0v) is 15.3. The van der Waals surface area contributed by atoms with Gasteiger partial charge in [-0.3, -0.25) is 0 Å². The third-order valence-electron chi connectivity index (χ3n) is 3.91. The normalized spacial score (nSPS) is 13.3. The van der Waals surface area contributed by atoms with Crippen molar-refractivity contribution >= 4 is 32.5 Å². The summed E-state index contributed by atoms with van der Waals surface area (Å²) in [6, 6.07) is 17.7. The summed E-state index contributed by atoms with van der Waals surface area (Å²) in [4.78, 5) is 8.56. The fourth-order valence-electron chi connectivity index (χ4n) is 2.71. The molecule has 0 spiro atoms. The highest BCUT2D eigenvalue weighted by Gasteiger charge is 2.16. The molecular weight excluding hydrogens is 380 g/mol. The van der Waals surface area contributed by atoms with E-state index in [-0.39, 0.29) is 11.3 Å². The van der Waals surface area contributed by atoms with E-state index < -0.39 is 0 Å². The zero-order chi connectivity index (χ0) is 17.8. The van der Waals surface area contributed by atoms with Crippen molar-refractivity contribution in [3.8, 4) is 6.07 Å². The molecule has 0 bridgehead atoms. The van der Waals surface area contributed by atoms with E-state index in [0.29, 0.717) is 12.4 Å². The van der Waals surface area contributed by atoms with Crippen molar-refractivity contribution in [3.05, 3.63) is 70.2 Å². The number of H-pyrrole nitrogens is 1. The molecule has 0 radical (unpaired) electrons. The van der Waals surface area contributed by atoms with Crippen LogP contribution in [0.3, 0.4) is 0 Å². The Morgan fingerprint density at radius 1 is 1.24 bits per heavy atom. The fraction of sp³-hybridized carbons (Fsp3) is 0.158. The number of halogens is 1. The first-order chi connectivity index (χ1) is 12.1. The van der Waals surface area contributed by atoms with Crippen LogP contribution in [0.2, 0.25) is 0 Å². The lowest BCUT2D eigenvalue weighted by Crippen LogP contribution is -3.07. The SMILES string of the molecule is C[NH+](C/C(O)=C(\C#N)c1nc2ccccc2[nH]1)Cc1ccc(Br)cc1. The molecule has 1 atom stereocenters. The van der Waals surface area contributed by atoms with Gasteiger partial charge in [-0.15, -0.1) is 0 Å². The lowest BCUT2D eigenvalue weighted by Gasteiger charge is -2.14. The molecule has 1 heterocycles. The van der Waals surface area contributed by atoms with Crippen LogP contribution in [0.25, 0.3) is 16.6 Å². The Kier molecular flexibility index (Phi) is 5.17. The number of aliphatic hydroxyl groups is 1. The van der Waals surface area contributed by atoms with Crippen molar-refractivity contribution in [3.63, 3.8) is 0 Å². The monoisotopic (exact) mass is 397 g/mol. The van der Waals surface area contributed by atoms with E-state index in [1.54, 1.807) is 0 Å². The largest absolute Gasteiger partial charge is 0.506 e. The number of allylic oxidation sites excluding steroid dienone is 1. The predicted octanol–water partition coefficient (Wildman–Crippen LogP) is 2.83. The van der Waals surface area contributed by atoms with Gasteiger partial charge in [-0.25, -0.2) is 4.98 Å². The van der Waals surface area contributed by atoms with Crippen molar-refractivity contribution in [1.29, 1.82) is 5.26 Å². The molecule has 3 aromatic rings. The molecule has 0 saturated carbocycles. The van der Waals surface area contributed by atoms with Crippen LogP contribution in [-0.2, 0) is 6.54 Å². The highest BCUT2D eigenvalue weighted by Crippen LogP contribution is 2.18. The molecule has 0 aliphatic rings. The molecule has 3 N–H and O–H groups in total. The molecule has 5 nitrogen and oxygen atoms in total. The van der Waals surface area contributed by atoms with Crippen molar-refractivity contribution in [1.82, 2.24) is 9.97 Å². The Hall–Kier alpha value is -2.62. The van der Waals surface area contributed by atoms with Gasteiger partial charge in [-0.05, 0) is 24.3 Å². The zero-order valence-electron chi connectivity index (χ0n) is 13.8. The first-order valence-electron chi connectivity index (χ1n) is 7.90. The Labute approximate surface area is 154 Å². The number of nitriles is 1. The lowest BCUT2D eigenvalue weighted by atomic mass is 10.2. The second kappa shape index (κ2) is 7.51. The molecule has 0 amide bonds. The van der Waals surface area contributed by atoms with E-state index >= 15 is 0 Å². The van der Waals surface area contributed by atoms with Crippen molar-refractivity contribution in [2.45, 2.75) is 6.54 Å². The van der Waals surface area contributed by atoms with E-state index in [1.807, 2.05) is 55.6 Å². The summed E-state index contributed by atoms with van der Waals surface area (Å²) in [6.07, 6.45) is 0. The predicted molar refractivity (Wildman–Crippen MR) is 101 cm³/mol. The quantitative estimate of drug-likeness (QED) is 0.457. The van der Waals surface area contributed by atoms with E-state index in [4.69, 9.17) is 0 Å². The summed E-state index contributed by atoms with van der Waals surface area (Å²) in [5, 5.41) is 19.9. The molecular formula is C19H18BrN4O+. The van der Waals surface area contributed by atoms with Gasteiger partial charge >= 0.3 is 0 Å². The molecule has 0 saturated heterocycles. The number of rotatable bonds is 5. The molecule has 0 fully saturated rings. The van der Waals surface area contributed by atoms with Gasteiger partial charge in [0, 0.05) is 10.0 Å². The van der Waals surface area contributed by atoms with Gasteiger partial charge in [0.15, 0.2) is 11.6 Å². The topological polar surface area (TPSA) is 77.1 Å². The number of imidazole rings is 1. The van der Waals surface area contributed by atoms with Crippen LogP contribution in [0.15, 0.2) is 58.8 Å². The average molecular weight is 398 g/mol. The molecule has 2 aromatic carbocycles. The Morgan fingerprint density at radius 3 is 2.64 bits per heavy atom. The minimum absolute atomic E-state index is 0.0381. The molecule has 0 aliphatic carbocycles. The maximum absolute atomic E-state index is 10.4. The van der Waals surface area contributed by atoms with Crippen LogP contribution in [0, 0.1) is 11.3 Å². The van der Waals surface area contributed by atoms with Gasteiger partial charge in [0.1, 0.15) is 24.7 Å². The molecule has 3 rings (SSSR count). The number of quaternary nitrogens is 1. The maximum atomic E-state index is 10.4. The number of benzene rings is 2. The van der Waals surface area contributed by atoms with Crippen molar-refractivity contribution in [2.75, 3.05) is 13.6 Å². The number of aliphatic hydroxyl groups excluding tert-OH is 1. The maximum Gasteiger partial charge on any atom is 0.169 e. The number of para-hydroxylation sites is 2. The summed E-state index contributed by atoms with van der Waals surface area (Å²) in [6.45, 7) is 1.09. The summed E-state index contributed by atoms with van der Waals surface area (Å²) in [7, 11) is 1.98. The molecule has 6 heteroatoms. The highest BCUT2D eigenvalue weighted by molar-refractivity contribution is 9.10. The van der Waals surface area contributed by atoms with Gasteiger partial charge in [0.05, 0.1) is 18.1 Å². The number of nitrogens with zero attached hydrogens (tertiary/aromatic N) is 2. The van der Waals surface area contributed by atoms with E-state index in [2.05, 4.69) is 32.0 Å². The minimum atomic E-state index is 0.0381. The van der Waals surface area contributed by atoms with E-state index in [0.717, 1.165) is 32.5 Å². The van der Waals surface area contributed by atoms with Gasteiger partial charge in [-0.2, -0.15) is 5.26 Å². The lowest BCUT2D eigenvalue weighted by molar-refractivity contribution is -0.890. The molecule has 1 unspecified atom stereocenters. The second-order valence-electron chi connectivity index (χ2n) is 5.97. The van der Waals surface area contributed by atoms with Gasteiger partial charge in [-0.1, -0.05) is 40.2 Å². The van der Waals surface area contributed by atoms with E-state index in [9.17, 15) is 10.4 Å². The Bertz CT molecular complexity index is 920. The first kappa shape index (κ1) is 17.2. The second-order valence-corrected chi connectivity index (χ2v) is 6.89. The van der Waals surface area contributed by atoms with Crippen molar-refractivity contribution < 1.29 is 10.0 Å². The molecule has 0 aliphatic heterocycles. The highest BCUT2D eigenvalue weighted by atomic mass is 79.9. The molecule has 1 aromatic heterocycles. The third kappa shape index (κ3) is 4.08. The van der Waals surface area contributed by atoms with Crippen LogP contribution in [-0.4, -0.2) is 28.7 Å². The average Bonchev–Trinajstić information content (AvgIpc) is 3.01. The summed E-state index contributed by atoms with van der Waals surface area (Å²) in [5.74, 6) is 0.439. The summed E-state index contributed by atoms with van der Waals surface area (Å²) in [5.41, 5.74) is 2.96. The summed E-state index contributed by atoms with van der Waals surface area (Å²) >= 11 is 3.42. The molecule has 25 heavy (non-hydrogen) atoms. The first-order valence-corrected chi connectivity index (χ1v) is 8.69. The number of nitrogens with one attached hydrogen (secondary N) is 2. The number of aromatic nitrogens is 2. The number of aromatic amines is 1. The van der Waals surface area contributed by atoms with Crippen LogP contribution < -0.4 is 4.90 Å². The smallest absolute Gasteiger partial charge is 0.169 e. The van der Waals surface area contributed by atoms with Gasteiger partial charge in [0.2, 0.25) is 0 Å².